The molecular weight excluding hydrogens is 355 g/mol. The van der Waals surface area contributed by atoms with Crippen molar-refractivity contribution >= 4 is 18.7 Å². The Balaban J connectivity index is 1.57. The van der Waals surface area contributed by atoms with E-state index in [9.17, 15) is 4.79 Å². The van der Waals surface area contributed by atoms with E-state index in [0.717, 1.165) is 25.1 Å². The lowest BCUT2D eigenvalue weighted by Gasteiger charge is -2.36. The molecule has 2 aliphatic rings. The maximum atomic E-state index is 12.2. The molecule has 0 aromatic heterocycles. The van der Waals surface area contributed by atoms with Crippen LogP contribution >= 0.6 is 0 Å². The van der Waals surface area contributed by atoms with Crippen LogP contribution < -0.4 is 5.46 Å². The van der Waals surface area contributed by atoms with E-state index in [0.29, 0.717) is 26.3 Å². The van der Waals surface area contributed by atoms with Gasteiger partial charge in [0.15, 0.2) is 0 Å². The smallest absolute Gasteiger partial charge is 0.444 e. The van der Waals surface area contributed by atoms with E-state index < -0.39 is 5.60 Å². The summed E-state index contributed by atoms with van der Waals surface area (Å²) in [6.45, 7) is 15.2. The summed E-state index contributed by atoms with van der Waals surface area (Å²) < 4.78 is 17.5. The Morgan fingerprint density at radius 1 is 1.11 bits per heavy atom. The first-order valence-corrected chi connectivity index (χ1v) is 10.1. The summed E-state index contributed by atoms with van der Waals surface area (Å²) in [5.74, 6) is 0. The van der Waals surface area contributed by atoms with Gasteiger partial charge in [-0.3, -0.25) is 4.90 Å². The van der Waals surface area contributed by atoms with E-state index in [1.165, 1.54) is 5.56 Å². The van der Waals surface area contributed by atoms with Crippen molar-refractivity contribution in [3.8, 4) is 0 Å². The van der Waals surface area contributed by atoms with Gasteiger partial charge in [0.05, 0.1) is 0 Å². The van der Waals surface area contributed by atoms with E-state index >= 15 is 0 Å². The molecule has 1 amide bonds. The number of carbonyl (C=O) groups excluding carboxylic acids is 1. The molecule has 0 N–H and O–H groups in total. The van der Waals surface area contributed by atoms with Crippen molar-refractivity contribution in [1.82, 2.24) is 9.80 Å². The van der Waals surface area contributed by atoms with Crippen LogP contribution in [0.3, 0.4) is 0 Å². The molecule has 0 radical (unpaired) electrons. The topological polar surface area (TPSA) is 51.2 Å². The summed E-state index contributed by atoms with van der Waals surface area (Å²) >= 11 is 0. The highest BCUT2D eigenvalue weighted by Gasteiger charge is 2.35. The van der Waals surface area contributed by atoms with Crippen molar-refractivity contribution in [3.05, 3.63) is 29.8 Å². The molecule has 0 unspecified atom stereocenters. The van der Waals surface area contributed by atoms with Gasteiger partial charge in [-0.25, -0.2) is 4.79 Å². The molecule has 2 heterocycles. The minimum atomic E-state index is -0.457. The van der Waals surface area contributed by atoms with Gasteiger partial charge in [-0.15, -0.1) is 0 Å². The SMILES string of the molecule is CC1(C)COB(c2ccccc2CN2CCN(C(=O)OC(C)(C)C)CC2)OC1. The summed E-state index contributed by atoms with van der Waals surface area (Å²) in [6.07, 6.45) is -0.223. The number of nitrogens with zero attached hydrogens (tertiary/aromatic N) is 2. The highest BCUT2D eigenvalue weighted by atomic mass is 16.6. The molecule has 0 aliphatic carbocycles. The number of amides is 1. The Labute approximate surface area is 169 Å². The first-order chi connectivity index (χ1) is 13.1. The second kappa shape index (κ2) is 8.43. The molecule has 1 aromatic rings. The van der Waals surface area contributed by atoms with Crippen molar-refractivity contribution in [2.45, 2.75) is 46.8 Å². The van der Waals surface area contributed by atoms with Gasteiger partial charge in [-0.1, -0.05) is 38.1 Å². The Bertz CT molecular complexity index is 671. The molecule has 2 saturated heterocycles. The molecule has 6 nitrogen and oxygen atoms in total. The van der Waals surface area contributed by atoms with Crippen molar-refractivity contribution in [2.75, 3.05) is 39.4 Å². The van der Waals surface area contributed by atoms with Crippen LogP contribution in [0.1, 0.15) is 40.2 Å². The van der Waals surface area contributed by atoms with Crippen LogP contribution in [0, 0.1) is 5.41 Å². The molecule has 2 aliphatic heterocycles. The third-order valence-electron chi connectivity index (χ3n) is 4.98. The third-order valence-corrected chi connectivity index (χ3v) is 4.98. The average molecular weight is 388 g/mol. The fraction of sp³-hybridized carbons (Fsp3) is 0.667. The van der Waals surface area contributed by atoms with Gasteiger partial charge in [0.1, 0.15) is 5.60 Å². The molecule has 0 spiro atoms. The van der Waals surface area contributed by atoms with E-state index in [-0.39, 0.29) is 18.6 Å². The van der Waals surface area contributed by atoms with Crippen molar-refractivity contribution < 1.29 is 18.8 Å². The monoisotopic (exact) mass is 388 g/mol. The van der Waals surface area contributed by atoms with E-state index in [4.69, 9.17) is 14.0 Å². The quantitative estimate of drug-likeness (QED) is 0.745. The third kappa shape index (κ3) is 5.72. The Morgan fingerprint density at radius 2 is 1.71 bits per heavy atom. The van der Waals surface area contributed by atoms with Gasteiger partial charge in [0.2, 0.25) is 0 Å². The first kappa shape index (κ1) is 21.2. The number of piperazine rings is 1. The van der Waals surface area contributed by atoms with E-state index in [1.807, 2.05) is 26.8 Å². The van der Waals surface area contributed by atoms with Crippen LogP contribution in [-0.2, 0) is 20.6 Å². The Hall–Kier alpha value is -1.57. The lowest BCUT2D eigenvalue weighted by molar-refractivity contribution is 0.0139. The second-order valence-electron chi connectivity index (χ2n) is 9.56. The number of benzene rings is 1. The van der Waals surface area contributed by atoms with Gasteiger partial charge < -0.3 is 18.9 Å². The number of rotatable bonds is 3. The summed E-state index contributed by atoms with van der Waals surface area (Å²) in [5.41, 5.74) is 1.93. The predicted molar refractivity (Wildman–Crippen MR) is 111 cm³/mol. The maximum absolute atomic E-state index is 12.2. The first-order valence-electron chi connectivity index (χ1n) is 10.1. The highest BCUT2D eigenvalue weighted by molar-refractivity contribution is 6.62. The van der Waals surface area contributed by atoms with Gasteiger partial charge in [0.25, 0.3) is 0 Å². The number of ether oxygens (including phenoxy) is 1. The molecule has 28 heavy (non-hydrogen) atoms. The standard InChI is InChI=1S/C21H33BN2O4/c1-20(2,3)28-19(25)24-12-10-23(11-13-24)14-17-8-6-7-9-18(17)22-26-15-21(4,5)16-27-22/h6-9H,10-16H2,1-5H3. The molecule has 0 bridgehead atoms. The fourth-order valence-electron chi connectivity index (χ4n) is 3.44. The molecule has 3 rings (SSSR count). The van der Waals surface area contributed by atoms with Gasteiger partial charge in [-0.05, 0) is 31.8 Å². The maximum Gasteiger partial charge on any atom is 0.494 e. The van der Waals surface area contributed by atoms with Gasteiger partial charge >= 0.3 is 13.2 Å². The van der Waals surface area contributed by atoms with Crippen LogP contribution in [0.25, 0.3) is 0 Å². The van der Waals surface area contributed by atoms with Crippen molar-refractivity contribution in [2.24, 2.45) is 5.41 Å². The molecule has 0 saturated carbocycles. The average Bonchev–Trinajstić information content (AvgIpc) is 2.62. The number of hydrogen-bond donors (Lipinski definition) is 0. The lowest BCUT2D eigenvalue weighted by atomic mass is 9.73. The van der Waals surface area contributed by atoms with Crippen LogP contribution in [0.15, 0.2) is 24.3 Å². The zero-order chi connectivity index (χ0) is 20.4. The zero-order valence-corrected chi connectivity index (χ0v) is 17.9. The molecule has 0 atom stereocenters. The van der Waals surface area contributed by atoms with Gasteiger partial charge in [-0.2, -0.15) is 0 Å². The van der Waals surface area contributed by atoms with Crippen LogP contribution in [0.4, 0.5) is 4.79 Å². The minimum Gasteiger partial charge on any atom is -0.444 e. The zero-order valence-electron chi connectivity index (χ0n) is 17.9. The lowest BCUT2D eigenvalue weighted by Crippen LogP contribution is -2.51. The van der Waals surface area contributed by atoms with Crippen molar-refractivity contribution in [3.63, 3.8) is 0 Å². The van der Waals surface area contributed by atoms with Gasteiger partial charge in [0, 0.05) is 51.4 Å². The molecule has 1 aromatic carbocycles. The minimum absolute atomic E-state index is 0.0590. The van der Waals surface area contributed by atoms with Crippen LogP contribution in [-0.4, -0.2) is 68.0 Å². The Morgan fingerprint density at radius 3 is 2.32 bits per heavy atom. The number of carbonyl (C=O) groups is 1. The van der Waals surface area contributed by atoms with E-state index in [2.05, 4.69) is 36.9 Å². The van der Waals surface area contributed by atoms with Crippen LogP contribution in [0.2, 0.25) is 0 Å². The normalized spacial score (nSPS) is 20.9. The van der Waals surface area contributed by atoms with Crippen molar-refractivity contribution in [1.29, 1.82) is 0 Å². The van der Waals surface area contributed by atoms with E-state index in [1.54, 1.807) is 4.90 Å². The largest absolute Gasteiger partial charge is 0.494 e. The molecule has 7 heteroatoms. The summed E-state index contributed by atoms with van der Waals surface area (Å²) in [7, 11) is -0.299. The Kier molecular flexibility index (Phi) is 6.37. The molecular formula is C21H33BN2O4. The second-order valence-corrected chi connectivity index (χ2v) is 9.56. The number of hydrogen-bond acceptors (Lipinski definition) is 5. The summed E-state index contributed by atoms with van der Waals surface area (Å²) in [6, 6.07) is 8.32. The molecule has 154 valence electrons. The van der Waals surface area contributed by atoms with Crippen LogP contribution in [0.5, 0.6) is 0 Å². The fourth-order valence-corrected chi connectivity index (χ4v) is 3.44. The summed E-state index contributed by atoms with van der Waals surface area (Å²) in [5, 5.41) is 0. The summed E-state index contributed by atoms with van der Waals surface area (Å²) in [4.78, 5) is 16.4. The molecule has 2 fully saturated rings. The predicted octanol–water partition coefficient (Wildman–Crippen LogP) is 2.51. The highest BCUT2D eigenvalue weighted by Crippen LogP contribution is 2.22.